The van der Waals surface area contributed by atoms with Crippen molar-refractivity contribution in [1.29, 1.82) is 0 Å². The van der Waals surface area contributed by atoms with Crippen molar-refractivity contribution < 1.29 is 5.11 Å². The molecule has 0 fully saturated rings. The minimum atomic E-state index is -0.962. The fraction of sp³-hybridized carbons (Fsp3) is 1.00. The zero-order valence-corrected chi connectivity index (χ0v) is 6.48. The maximum atomic E-state index is 11.1. The molecule has 0 aliphatic carbocycles. The van der Waals surface area contributed by atoms with E-state index in [9.17, 15) is 5.11 Å². The molecule has 1 unspecified atom stereocenters. The van der Waals surface area contributed by atoms with Crippen LogP contribution in [0.25, 0.3) is 0 Å². The second-order valence-electron chi connectivity index (χ2n) is 3.00. The molecular formula is C7H16NO. The Morgan fingerprint density at radius 1 is 1.56 bits per heavy atom. The molecule has 0 aromatic carbocycles. The average molecular weight is 130 g/mol. The summed E-state index contributed by atoms with van der Waals surface area (Å²) < 4.78 is 0. The number of rotatable bonds is 3. The second kappa shape index (κ2) is 3.18. The lowest BCUT2D eigenvalue weighted by atomic mass is 9.96. The van der Waals surface area contributed by atoms with Gasteiger partial charge in [0, 0.05) is 6.04 Å². The van der Waals surface area contributed by atoms with Gasteiger partial charge in [0.2, 0.25) is 0 Å². The molecule has 2 heteroatoms. The van der Waals surface area contributed by atoms with Crippen molar-refractivity contribution in [3.05, 3.63) is 0 Å². The summed E-state index contributed by atoms with van der Waals surface area (Å²) in [6, 6.07) is -0.192. The lowest BCUT2D eigenvalue weighted by molar-refractivity contribution is -0.0202. The molecule has 0 aromatic rings. The number of hydrogen-bond donors (Lipinski definition) is 1. The van der Waals surface area contributed by atoms with Crippen molar-refractivity contribution in [1.82, 2.24) is 0 Å². The SMILES string of the molecule is CCCC(N)C(C)(C)[O]. The van der Waals surface area contributed by atoms with Crippen molar-refractivity contribution in [2.45, 2.75) is 45.3 Å². The van der Waals surface area contributed by atoms with E-state index in [1.54, 1.807) is 13.8 Å². The Morgan fingerprint density at radius 2 is 2.00 bits per heavy atom. The predicted octanol–water partition coefficient (Wildman–Crippen LogP) is 1.32. The Bertz CT molecular complexity index is 75.5. The Hall–Kier alpha value is -0.0800. The third-order valence-electron chi connectivity index (χ3n) is 1.49. The molecule has 55 valence electrons. The van der Waals surface area contributed by atoms with Gasteiger partial charge in [0.05, 0.1) is 0 Å². The zero-order valence-electron chi connectivity index (χ0n) is 6.48. The monoisotopic (exact) mass is 130 g/mol. The molecule has 0 bridgehead atoms. The van der Waals surface area contributed by atoms with Gasteiger partial charge in [-0.05, 0) is 20.3 Å². The summed E-state index contributed by atoms with van der Waals surface area (Å²) in [4.78, 5) is 0. The third kappa shape index (κ3) is 3.49. The van der Waals surface area contributed by atoms with Crippen LogP contribution in [0.1, 0.15) is 33.6 Å². The van der Waals surface area contributed by atoms with Crippen LogP contribution in [0.3, 0.4) is 0 Å². The molecule has 0 aliphatic heterocycles. The molecule has 2 nitrogen and oxygen atoms in total. The summed E-state index contributed by atoms with van der Waals surface area (Å²) in [5.41, 5.74) is 4.59. The van der Waals surface area contributed by atoms with Crippen molar-refractivity contribution in [2.24, 2.45) is 5.73 Å². The van der Waals surface area contributed by atoms with E-state index in [2.05, 4.69) is 0 Å². The minimum absolute atomic E-state index is 0.192. The quantitative estimate of drug-likeness (QED) is 0.615. The summed E-state index contributed by atoms with van der Waals surface area (Å²) in [5.74, 6) is 0. The van der Waals surface area contributed by atoms with Crippen molar-refractivity contribution in [3.63, 3.8) is 0 Å². The molecule has 1 atom stereocenters. The molecular weight excluding hydrogens is 114 g/mol. The van der Waals surface area contributed by atoms with Crippen LogP contribution in [-0.2, 0) is 5.11 Å². The van der Waals surface area contributed by atoms with E-state index < -0.39 is 5.60 Å². The van der Waals surface area contributed by atoms with E-state index in [4.69, 9.17) is 5.73 Å². The molecule has 0 aromatic heterocycles. The Labute approximate surface area is 57.1 Å². The van der Waals surface area contributed by atoms with Gasteiger partial charge in [0.25, 0.3) is 0 Å². The van der Waals surface area contributed by atoms with Gasteiger partial charge >= 0.3 is 0 Å². The molecule has 0 spiro atoms. The maximum Gasteiger partial charge on any atom is 0.113 e. The molecule has 9 heavy (non-hydrogen) atoms. The van der Waals surface area contributed by atoms with Crippen LogP contribution in [0.4, 0.5) is 0 Å². The van der Waals surface area contributed by atoms with Crippen LogP contribution in [0.2, 0.25) is 0 Å². The van der Waals surface area contributed by atoms with Gasteiger partial charge in [0.15, 0.2) is 0 Å². The lowest BCUT2D eigenvalue weighted by Crippen LogP contribution is -2.41. The minimum Gasteiger partial charge on any atom is -0.325 e. The highest BCUT2D eigenvalue weighted by atomic mass is 16.3. The van der Waals surface area contributed by atoms with Crippen LogP contribution < -0.4 is 5.73 Å². The van der Waals surface area contributed by atoms with Gasteiger partial charge in [-0.15, -0.1) is 0 Å². The van der Waals surface area contributed by atoms with Gasteiger partial charge in [0.1, 0.15) is 5.60 Å². The van der Waals surface area contributed by atoms with E-state index >= 15 is 0 Å². The Kier molecular flexibility index (Phi) is 3.15. The van der Waals surface area contributed by atoms with Gasteiger partial charge in [-0.3, -0.25) is 0 Å². The highest BCUT2D eigenvalue weighted by Crippen LogP contribution is 2.11. The summed E-state index contributed by atoms with van der Waals surface area (Å²) in [7, 11) is 0. The van der Waals surface area contributed by atoms with Gasteiger partial charge in [-0.25, -0.2) is 5.11 Å². The molecule has 0 rings (SSSR count). The summed E-state index contributed by atoms with van der Waals surface area (Å²) >= 11 is 0. The standard InChI is InChI=1S/C7H16NO/c1-4-5-6(8)7(2,3)9/h6H,4-5,8H2,1-3H3. The second-order valence-corrected chi connectivity index (χ2v) is 3.00. The molecule has 0 amide bonds. The highest BCUT2D eigenvalue weighted by molar-refractivity contribution is 4.79. The molecule has 2 N–H and O–H groups in total. The maximum absolute atomic E-state index is 11.1. The van der Waals surface area contributed by atoms with Crippen molar-refractivity contribution in [2.75, 3.05) is 0 Å². The first kappa shape index (κ1) is 8.92. The predicted molar refractivity (Wildman–Crippen MR) is 37.6 cm³/mol. The average Bonchev–Trinajstić information content (AvgIpc) is 1.64. The van der Waals surface area contributed by atoms with Crippen LogP contribution in [-0.4, -0.2) is 11.6 Å². The number of hydrogen-bond acceptors (Lipinski definition) is 1. The van der Waals surface area contributed by atoms with E-state index in [-0.39, 0.29) is 6.04 Å². The first-order valence-corrected chi connectivity index (χ1v) is 3.44. The van der Waals surface area contributed by atoms with Gasteiger partial charge in [-0.1, -0.05) is 13.3 Å². The van der Waals surface area contributed by atoms with E-state index in [0.717, 1.165) is 12.8 Å². The molecule has 1 radical (unpaired) electrons. The van der Waals surface area contributed by atoms with E-state index in [1.165, 1.54) is 0 Å². The van der Waals surface area contributed by atoms with Crippen LogP contribution in [0.5, 0.6) is 0 Å². The number of nitrogens with two attached hydrogens (primary N) is 1. The van der Waals surface area contributed by atoms with Gasteiger partial charge < -0.3 is 5.73 Å². The third-order valence-corrected chi connectivity index (χ3v) is 1.49. The summed E-state index contributed by atoms with van der Waals surface area (Å²) in [6.07, 6.45) is 1.82. The van der Waals surface area contributed by atoms with Crippen molar-refractivity contribution >= 4 is 0 Å². The fourth-order valence-electron chi connectivity index (χ4n) is 0.659. The molecule has 0 saturated heterocycles. The first-order chi connectivity index (χ1) is 3.98. The smallest absolute Gasteiger partial charge is 0.113 e. The largest absolute Gasteiger partial charge is 0.325 e. The molecule has 0 heterocycles. The lowest BCUT2D eigenvalue weighted by Gasteiger charge is -2.22. The summed E-state index contributed by atoms with van der Waals surface area (Å²) in [6.45, 7) is 5.30. The normalized spacial score (nSPS) is 15.7. The highest BCUT2D eigenvalue weighted by Gasteiger charge is 2.23. The summed E-state index contributed by atoms with van der Waals surface area (Å²) in [5, 5.41) is 11.1. The Morgan fingerprint density at radius 3 is 2.11 bits per heavy atom. The van der Waals surface area contributed by atoms with E-state index in [0.29, 0.717) is 0 Å². The van der Waals surface area contributed by atoms with Crippen LogP contribution in [0.15, 0.2) is 0 Å². The Balaban J connectivity index is 3.59. The van der Waals surface area contributed by atoms with Gasteiger partial charge in [-0.2, -0.15) is 0 Å². The molecule has 0 aliphatic rings. The topological polar surface area (TPSA) is 45.9 Å². The zero-order chi connectivity index (χ0) is 7.49. The van der Waals surface area contributed by atoms with Crippen molar-refractivity contribution in [3.8, 4) is 0 Å². The van der Waals surface area contributed by atoms with E-state index in [1.807, 2.05) is 6.92 Å². The fourth-order valence-corrected chi connectivity index (χ4v) is 0.659. The van der Waals surface area contributed by atoms with Crippen LogP contribution in [0, 0.1) is 0 Å². The molecule has 0 saturated carbocycles. The van der Waals surface area contributed by atoms with Crippen LogP contribution >= 0.6 is 0 Å². The first-order valence-electron chi connectivity index (χ1n) is 3.44.